The Morgan fingerprint density at radius 3 is 1.70 bits per heavy atom. The summed E-state index contributed by atoms with van der Waals surface area (Å²) in [6.07, 6.45) is -10.5. The molecule has 0 heterocycles. The van der Waals surface area contributed by atoms with Crippen molar-refractivity contribution >= 4 is 11.8 Å². The Labute approximate surface area is 149 Å². The lowest BCUT2D eigenvalue weighted by Gasteiger charge is -2.21. The van der Waals surface area contributed by atoms with Gasteiger partial charge in [0, 0.05) is 5.56 Å². The number of carbonyl (C=O) groups is 2. The van der Waals surface area contributed by atoms with Crippen LogP contribution < -0.4 is 0 Å². The maximum atomic E-state index is 13.3. The summed E-state index contributed by atoms with van der Waals surface area (Å²) in [4.78, 5) is 24.8. The Bertz CT molecular complexity index is 808. The van der Waals surface area contributed by atoms with Crippen molar-refractivity contribution in [1.29, 1.82) is 0 Å². The van der Waals surface area contributed by atoms with Gasteiger partial charge in [-0.2, -0.15) is 26.3 Å². The molecule has 0 spiro atoms. The summed E-state index contributed by atoms with van der Waals surface area (Å²) in [7, 11) is 0.881. The van der Waals surface area contributed by atoms with Crippen molar-refractivity contribution in [1.82, 2.24) is 0 Å². The van der Waals surface area contributed by atoms with Crippen molar-refractivity contribution in [2.24, 2.45) is 0 Å². The van der Waals surface area contributed by atoms with Gasteiger partial charge in [-0.3, -0.25) is 9.59 Å². The predicted molar refractivity (Wildman–Crippen MR) is 82.0 cm³/mol. The van der Waals surface area contributed by atoms with Crippen molar-refractivity contribution in [2.75, 3.05) is 7.11 Å². The van der Waals surface area contributed by atoms with Gasteiger partial charge in [-0.05, 0) is 17.7 Å². The van der Waals surface area contributed by atoms with Gasteiger partial charge >= 0.3 is 18.3 Å². The van der Waals surface area contributed by atoms with Crippen molar-refractivity contribution < 1.29 is 40.7 Å². The van der Waals surface area contributed by atoms with E-state index in [1.165, 1.54) is 30.3 Å². The normalized spacial score (nSPS) is 13.1. The average molecular weight is 390 g/mol. The van der Waals surface area contributed by atoms with E-state index in [1.807, 2.05) is 0 Å². The Balaban J connectivity index is 2.77. The number of hydrogen-bond donors (Lipinski definition) is 0. The molecule has 0 radical (unpaired) electrons. The lowest BCUT2D eigenvalue weighted by molar-refractivity contribution is -0.145. The van der Waals surface area contributed by atoms with Gasteiger partial charge in [-0.15, -0.1) is 0 Å². The number of ether oxygens (including phenoxy) is 1. The van der Waals surface area contributed by atoms with E-state index < -0.39 is 46.7 Å². The summed E-state index contributed by atoms with van der Waals surface area (Å²) >= 11 is 0. The van der Waals surface area contributed by atoms with Gasteiger partial charge in [0.2, 0.25) is 0 Å². The van der Waals surface area contributed by atoms with E-state index in [-0.39, 0.29) is 5.56 Å². The lowest BCUT2D eigenvalue weighted by Crippen LogP contribution is -2.28. The number of benzene rings is 2. The molecule has 2 aromatic rings. The monoisotopic (exact) mass is 390 g/mol. The highest BCUT2D eigenvalue weighted by atomic mass is 19.4. The van der Waals surface area contributed by atoms with Crippen molar-refractivity contribution in [3.8, 4) is 0 Å². The average Bonchev–Trinajstić information content (AvgIpc) is 2.60. The number of Topliss-reactive ketones (excluding diaryl/α,β-unsaturated/α-hetero) is 1. The minimum atomic E-state index is -5.23. The number of halogens is 6. The zero-order valence-electron chi connectivity index (χ0n) is 13.7. The highest BCUT2D eigenvalue weighted by molar-refractivity contribution is 6.14. The van der Waals surface area contributed by atoms with Crippen LogP contribution in [0.4, 0.5) is 26.3 Å². The SMILES string of the molecule is COC(=O)C(C(=O)c1c(C(F)(F)F)cccc1C(F)(F)F)c1ccccc1. The van der Waals surface area contributed by atoms with Gasteiger partial charge in [0.15, 0.2) is 5.78 Å². The highest BCUT2D eigenvalue weighted by Crippen LogP contribution is 2.41. The van der Waals surface area contributed by atoms with E-state index in [4.69, 9.17) is 0 Å². The minimum Gasteiger partial charge on any atom is -0.468 e. The van der Waals surface area contributed by atoms with Crippen molar-refractivity contribution in [2.45, 2.75) is 18.3 Å². The number of methoxy groups -OCH3 is 1. The first-order chi connectivity index (χ1) is 12.5. The third kappa shape index (κ3) is 4.29. The molecule has 0 aliphatic rings. The molecule has 0 N–H and O–H groups in total. The molecule has 1 unspecified atom stereocenters. The summed E-state index contributed by atoms with van der Waals surface area (Å²) in [5.74, 6) is -4.88. The van der Waals surface area contributed by atoms with Crippen molar-refractivity contribution in [3.63, 3.8) is 0 Å². The lowest BCUT2D eigenvalue weighted by atomic mass is 9.85. The molecular weight excluding hydrogens is 378 g/mol. The van der Waals surface area contributed by atoms with Crippen LogP contribution in [-0.2, 0) is 21.9 Å². The molecule has 0 aliphatic carbocycles. The second-order valence-electron chi connectivity index (χ2n) is 5.45. The Morgan fingerprint density at radius 2 is 1.30 bits per heavy atom. The van der Waals surface area contributed by atoms with E-state index in [0.717, 1.165) is 7.11 Å². The number of esters is 1. The standard InChI is InChI=1S/C18H12F6O3/c1-27-16(26)13(10-6-3-2-4-7-10)15(25)14-11(17(19,20)21)8-5-9-12(14)18(22,23)24/h2-9,13H,1H3. The molecule has 0 saturated heterocycles. The first-order valence-corrected chi connectivity index (χ1v) is 7.43. The molecule has 9 heteroatoms. The molecular formula is C18H12F6O3. The second kappa shape index (κ2) is 7.42. The van der Waals surface area contributed by atoms with Gasteiger partial charge in [0.25, 0.3) is 0 Å². The van der Waals surface area contributed by atoms with Crippen LogP contribution in [0.1, 0.15) is 33.0 Å². The van der Waals surface area contributed by atoms with Crippen LogP contribution in [-0.4, -0.2) is 18.9 Å². The largest absolute Gasteiger partial charge is 0.468 e. The second-order valence-corrected chi connectivity index (χ2v) is 5.45. The number of hydrogen-bond acceptors (Lipinski definition) is 3. The molecule has 3 nitrogen and oxygen atoms in total. The summed E-state index contributed by atoms with van der Waals surface area (Å²) in [6, 6.07) is 8.04. The minimum absolute atomic E-state index is 0.0838. The van der Waals surface area contributed by atoms with Crippen LogP contribution in [0.5, 0.6) is 0 Å². The molecule has 0 bridgehead atoms. The highest BCUT2D eigenvalue weighted by Gasteiger charge is 2.45. The van der Waals surface area contributed by atoms with Crippen LogP contribution in [0.25, 0.3) is 0 Å². The number of rotatable bonds is 4. The summed E-state index contributed by atoms with van der Waals surface area (Å²) < 4.78 is 84.2. The van der Waals surface area contributed by atoms with Crippen LogP contribution >= 0.6 is 0 Å². The summed E-state index contributed by atoms with van der Waals surface area (Å²) in [5.41, 5.74) is -5.24. The third-order valence-electron chi connectivity index (χ3n) is 3.75. The van der Waals surface area contributed by atoms with Gasteiger partial charge in [-0.1, -0.05) is 36.4 Å². The summed E-state index contributed by atoms with van der Waals surface area (Å²) in [6.45, 7) is 0. The van der Waals surface area contributed by atoms with Gasteiger partial charge in [0.1, 0.15) is 5.92 Å². The fraction of sp³-hybridized carbons (Fsp3) is 0.222. The quantitative estimate of drug-likeness (QED) is 0.324. The van der Waals surface area contributed by atoms with Crippen LogP contribution in [0.3, 0.4) is 0 Å². The van der Waals surface area contributed by atoms with Gasteiger partial charge in [-0.25, -0.2) is 0 Å². The number of carbonyl (C=O) groups excluding carboxylic acids is 2. The molecule has 2 aromatic carbocycles. The number of ketones is 1. The summed E-state index contributed by atoms with van der Waals surface area (Å²) in [5, 5.41) is 0. The Kier molecular flexibility index (Phi) is 5.62. The number of alkyl halides is 6. The van der Waals surface area contributed by atoms with E-state index in [2.05, 4.69) is 4.74 Å². The molecule has 0 aliphatic heterocycles. The Morgan fingerprint density at radius 1 is 0.815 bits per heavy atom. The van der Waals surface area contributed by atoms with Gasteiger partial charge in [0.05, 0.1) is 18.2 Å². The fourth-order valence-corrected chi connectivity index (χ4v) is 2.59. The van der Waals surface area contributed by atoms with Crippen LogP contribution in [0.15, 0.2) is 48.5 Å². The molecule has 1 atom stereocenters. The molecule has 0 aromatic heterocycles. The first-order valence-electron chi connectivity index (χ1n) is 7.43. The topological polar surface area (TPSA) is 43.4 Å². The smallest absolute Gasteiger partial charge is 0.417 e. The van der Waals surface area contributed by atoms with E-state index in [0.29, 0.717) is 18.2 Å². The maximum absolute atomic E-state index is 13.3. The maximum Gasteiger partial charge on any atom is 0.417 e. The van der Waals surface area contributed by atoms with Crippen LogP contribution in [0.2, 0.25) is 0 Å². The molecule has 0 amide bonds. The van der Waals surface area contributed by atoms with Crippen LogP contribution in [0, 0.1) is 0 Å². The van der Waals surface area contributed by atoms with E-state index in [9.17, 15) is 35.9 Å². The third-order valence-corrected chi connectivity index (χ3v) is 3.75. The zero-order chi connectivity index (χ0) is 20.4. The first kappa shape index (κ1) is 20.5. The molecule has 0 saturated carbocycles. The predicted octanol–water partition coefficient (Wildman–Crippen LogP) is 4.86. The fourth-order valence-electron chi connectivity index (χ4n) is 2.59. The van der Waals surface area contributed by atoms with Gasteiger partial charge < -0.3 is 4.74 Å². The van der Waals surface area contributed by atoms with E-state index >= 15 is 0 Å². The zero-order valence-corrected chi connectivity index (χ0v) is 13.7. The molecule has 0 fully saturated rings. The molecule has 144 valence electrons. The Hall–Kier alpha value is -2.84. The van der Waals surface area contributed by atoms with Crippen molar-refractivity contribution in [3.05, 3.63) is 70.8 Å². The molecule has 2 rings (SSSR count). The molecule has 27 heavy (non-hydrogen) atoms. The van der Waals surface area contributed by atoms with E-state index in [1.54, 1.807) is 0 Å².